The topological polar surface area (TPSA) is 38.8 Å². The summed E-state index contributed by atoms with van der Waals surface area (Å²) in [6, 6.07) is 0. The van der Waals surface area contributed by atoms with E-state index < -0.39 is 0 Å². The molecule has 1 fully saturated rings. The molecule has 0 saturated carbocycles. The summed E-state index contributed by atoms with van der Waals surface area (Å²) in [5.74, 6) is -0.171. The fraction of sp³-hybridized carbons (Fsp3) is 0.923. The van der Waals surface area contributed by atoms with Gasteiger partial charge in [-0.15, -0.1) is 0 Å². The Labute approximate surface area is 104 Å². The Morgan fingerprint density at radius 1 is 1.53 bits per heavy atom. The SMILES string of the molecule is CCCN(CC(=O)OC)CC1CCC(C)(C)O1. The van der Waals surface area contributed by atoms with Crippen molar-refractivity contribution in [1.29, 1.82) is 0 Å². The zero-order chi connectivity index (χ0) is 12.9. The normalized spacial score (nSPS) is 23.0. The highest BCUT2D eigenvalue weighted by Gasteiger charge is 2.32. The van der Waals surface area contributed by atoms with E-state index in [1.807, 2.05) is 0 Å². The highest BCUT2D eigenvalue weighted by Crippen LogP contribution is 2.29. The maximum Gasteiger partial charge on any atom is 0.319 e. The molecular formula is C13H25NO3. The Kier molecular flexibility index (Phi) is 5.40. The van der Waals surface area contributed by atoms with Crippen molar-refractivity contribution in [2.75, 3.05) is 26.7 Å². The summed E-state index contributed by atoms with van der Waals surface area (Å²) in [6.45, 7) is 8.46. The fourth-order valence-electron chi connectivity index (χ4n) is 2.29. The molecule has 1 aliphatic rings. The van der Waals surface area contributed by atoms with Crippen molar-refractivity contribution < 1.29 is 14.3 Å². The predicted molar refractivity (Wildman–Crippen MR) is 66.9 cm³/mol. The highest BCUT2D eigenvalue weighted by molar-refractivity contribution is 5.71. The van der Waals surface area contributed by atoms with Gasteiger partial charge in [-0.05, 0) is 39.7 Å². The van der Waals surface area contributed by atoms with Crippen LogP contribution in [0.2, 0.25) is 0 Å². The van der Waals surface area contributed by atoms with E-state index in [0.29, 0.717) is 6.54 Å². The van der Waals surface area contributed by atoms with Crippen molar-refractivity contribution in [3.05, 3.63) is 0 Å². The molecular weight excluding hydrogens is 218 g/mol. The first-order chi connectivity index (χ1) is 7.96. The lowest BCUT2D eigenvalue weighted by molar-refractivity contribution is -0.142. The summed E-state index contributed by atoms with van der Waals surface area (Å²) in [4.78, 5) is 13.4. The van der Waals surface area contributed by atoms with Gasteiger partial charge in [0.15, 0.2) is 0 Å². The van der Waals surface area contributed by atoms with Crippen LogP contribution >= 0.6 is 0 Å². The van der Waals surface area contributed by atoms with Gasteiger partial charge in [0.05, 0.1) is 25.4 Å². The lowest BCUT2D eigenvalue weighted by Gasteiger charge is -2.25. The van der Waals surface area contributed by atoms with Gasteiger partial charge in [0.2, 0.25) is 0 Å². The molecule has 0 radical (unpaired) electrons. The first-order valence-corrected chi connectivity index (χ1v) is 6.44. The van der Waals surface area contributed by atoms with Crippen LogP contribution in [0.5, 0.6) is 0 Å². The molecule has 1 aliphatic heterocycles. The molecule has 0 aromatic carbocycles. The molecule has 1 heterocycles. The summed E-state index contributed by atoms with van der Waals surface area (Å²) in [6.07, 6.45) is 3.46. The molecule has 0 spiro atoms. The molecule has 1 rings (SSSR count). The van der Waals surface area contributed by atoms with Crippen molar-refractivity contribution in [1.82, 2.24) is 4.90 Å². The van der Waals surface area contributed by atoms with Gasteiger partial charge in [0, 0.05) is 6.54 Å². The molecule has 0 aliphatic carbocycles. The zero-order valence-electron chi connectivity index (χ0n) is 11.5. The van der Waals surface area contributed by atoms with Gasteiger partial charge >= 0.3 is 5.97 Å². The second-order valence-corrected chi connectivity index (χ2v) is 5.35. The Bertz CT molecular complexity index is 253. The zero-order valence-corrected chi connectivity index (χ0v) is 11.5. The van der Waals surface area contributed by atoms with E-state index in [4.69, 9.17) is 9.47 Å². The largest absolute Gasteiger partial charge is 0.468 e. The Morgan fingerprint density at radius 3 is 2.71 bits per heavy atom. The lowest BCUT2D eigenvalue weighted by Crippen LogP contribution is -2.38. The first-order valence-electron chi connectivity index (χ1n) is 6.44. The van der Waals surface area contributed by atoms with Crippen LogP contribution in [-0.2, 0) is 14.3 Å². The lowest BCUT2D eigenvalue weighted by atomic mass is 10.1. The number of carbonyl (C=O) groups is 1. The maximum atomic E-state index is 11.3. The van der Waals surface area contributed by atoms with Crippen LogP contribution in [0.3, 0.4) is 0 Å². The number of rotatable bonds is 6. The summed E-state index contributed by atoms with van der Waals surface area (Å²) in [5.41, 5.74) is -0.00613. The number of esters is 1. The molecule has 0 aromatic heterocycles. The van der Waals surface area contributed by atoms with Gasteiger partial charge in [-0.2, -0.15) is 0 Å². The molecule has 1 unspecified atom stereocenters. The summed E-state index contributed by atoms with van der Waals surface area (Å²) in [5, 5.41) is 0. The molecule has 0 aromatic rings. The Morgan fingerprint density at radius 2 is 2.24 bits per heavy atom. The van der Waals surface area contributed by atoms with E-state index in [2.05, 4.69) is 25.7 Å². The van der Waals surface area contributed by atoms with Crippen LogP contribution in [0.4, 0.5) is 0 Å². The molecule has 4 heteroatoms. The van der Waals surface area contributed by atoms with Crippen LogP contribution < -0.4 is 0 Å². The van der Waals surface area contributed by atoms with Crippen LogP contribution in [0.15, 0.2) is 0 Å². The van der Waals surface area contributed by atoms with Crippen LogP contribution in [0.25, 0.3) is 0 Å². The van der Waals surface area contributed by atoms with E-state index in [1.54, 1.807) is 0 Å². The first kappa shape index (κ1) is 14.5. The van der Waals surface area contributed by atoms with E-state index in [9.17, 15) is 4.79 Å². The molecule has 4 nitrogen and oxygen atoms in total. The van der Waals surface area contributed by atoms with Gasteiger partial charge in [0.1, 0.15) is 0 Å². The average molecular weight is 243 g/mol. The predicted octanol–water partition coefficient (Wildman–Crippen LogP) is 1.83. The molecule has 100 valence electrons. The van der Waals surface area contributed by atoms with E-state index >= 15 is 0 Å². The fourth-order valence-corrected chi connectivity index (χ4v) is 2.29. The highest BCUT2D eigenvalue weighted by atomic mass is 16.5. The summed E-state index contributed by atoms with van der Waals surface area (Å²) >= 11 is 0. The smallest absolute Gasteiger partial charge is 0.319 e. The minimum absolute atomic E-state index is 0.00613. The number of carbonyl (C=O) groups excluding carboxylic acids is 1. The summed E-state index contributed by atoms with van der Waals surface area (Å²) < 4.78 is 10.7. The molecule has 0 bridgehead atoms. The minimum Gasteiger partial charge on any atom is -0.468 e. The van der Waals surface area contributed by atoms with Crippen molar-refractivity contribution >= 4 is 5.97 Å². The number of nitrogens with zero attached hydrogens (tertiary/aromatic N) is 1. The van der Waals surface area contributed by atoms with Crippen molar-refractivity contribution in [3.8, 4) is 0 Å². The van der Waals surface area contributed by atoms with Crippen molar-refractivity contribution in [2.24, 2.45) is 0 Å². The number of methoxy groups -OCH3 is 1. The summed E-state index contributed by atoms with van der Waals surface area (Å²) in [7, 11) is 1.43. The van der Waals surface area contributed by atoms with Gasteiger partial charge < -0.3 is 9.47 Å². The van der Waals surface area contributed by atoms with Gasteiger partial charge in [0.25, 0.3) is 0 Å². The van der Waals surface area contributed by atoms with E-state index in [1.165, 1.54) is 7.11 Å². The van der Waals surface area contributed by atoms with Crippen LogP contribution in [0, 0.1) is 0 Å². The quantitative estimate of drug-likeness (QED) is 0.667. The van der Waals surface area contributed by atoms with Crippen LogP contribution in [-0.4, -0.2) is 49.3 Å². The number of hydrogen-bond acceptors (Lipinski definition) is 4. The second kappa shape index (κ2) is 6.36. The number of hydrogen-bond donors (Lipinski definition) is 0. The Hall–Kier alpha value is -0.610. The van der Waals surface area contributed by atoms with Gasteiger partial charge in [-0.3, -0.25) is 9.69 Å². The third-order valence-electron chi connectivity index (χ3n) is 3.14. The molecule has 1 atom stereocenters. The van der Waals surface area contributed by atoms with Gasteiger partial charge in [-0.25, -0.2) is 0 Å². The monoisotopic (exact) mass is 243 g/mol. The van der Waals surface area contributed by atoms with E-state index in [-0.39, 0.29) is 17.7 Å². The van der Waals surface area contributed by atoms with Crippen molar-refractivity contribution in [2.45, 2.75) is 51.7 Å². The molecule has 0 amide bonds. The maximum absolute atomic E-state index is 11.3. The third-order valence-corrected chi connectivity index (χ3v) is 3.14. The Balaban J connectivity index is 2.41. The molecule has 17 heavy (non-hydrogen) atoms. The minimum atomic E-state index is -0.171. The molecule has 1 saturated heterocycles. The average Bonchev–Trinajstić information content (AvgIpc) is 2.58. The van der Waals surface area contributed by atoms with Crippen LogP contribution in [0.1, 0.15) is 40.0 Å². The third kappa shape index (κ3) is 5.04. The van der Waals surface area contributed by atoms with Crippen molar-refractivity contribution in [3.63, 3.8) is 0 Å². The molecule has 0 N–H and O–H groups in total. The number of ether oxygens (including phenoxy) is 2. The second-order valence-electron chi connectivity index (χ2n) is 5.35. The standard InChI is InChI=1S/C13H25NO3/c1-5-8-14(10-12(15)16-4)9-11-6-7-13(2,3)17-11/h11H,5-10H2,1-4H3. The van der Waals surface area contributed by atoms with E-state index in [0.717, 1.165) is 32.4 Å². The van der Waals surface area contributed by atoms with Gasteiger partial charge in [-0.1, -0.05) is 6.92 Å².